The van der Waals surface area contributed by atoms with Crippen LogP contribution in [0.4, 0.5) is 0 Å². The molecule has 0 bridgehead atoms. The first-order chi connectivity index (χ1) is 13.3. The molecule has 3 aromatic rings. The van der Waals surface area contributed by atoms with Crippen LogP contribution in [0.3, 0.4) is 0 Å². The van der Waals surface area contributed by atoms with Crippen LogP contribution in [0.15, 0.2) is 73.1 Å². The fourth-order valence-corrected chi connectivity index (χ4v) is 3.39. The molecule has 2 aromatic carbocycles. The van der Waals surface area contributed by atoms with Gasteiger partial charge in [0.1, 0.15) is 6.04 Å². The molecule has 2 unspecified atom stereocenters. The Bertz CT molecular complexity index is 879. The molecule has 1 amide bonds. The van der Waals surface area contributed by atoms with Crippen LogP contribution in [0.5, 0.6) is 0 Å². The highest BCUT2D eigenvalue weighted by atomic mass is 16.2. The molecule has 0 saturated carbocycles. The van der Waals surface area contributed by atoms with Gasteiger partial charge in [0.2, 0.25) is 5.91 Å². The summed E-state index contributed by atoms with van der Waals surface area (Å²) in [5.41, 5.74) is 9.78. The highest BCUT2D eigenvalue weighted by molar-refractivity contribution is 5.82. The molecule has 1 aliphatic heterocycles. The van der Waals surface area contributed by atoms with Gasteiger partial charge in [0.25, 0.3) is 0 Å². The molecular formula is C21H23N5O. The van der Waals surface area contributed by atoms with E-state index in [1.807, 2.05) is 53.3 Å². The second-order valence-corrected chi connectivity index (χ2v) is 6.73. The lowest BCUT2D eigenvalue weighted by Crippen LogP contribution is -2.43. The van der Waals surface area contributed by atoms with Crippen LogP contribution >= 0.6 is 0 Å². The molecule has 4 rings (SSSR count). The van der Waals surface area contributed by atoms with Crippen molar-refractivity contribution in [1.82, 2.24) is 25.9 Å². The standard InChI is InChI=1S/C21H23N5O/c27-21(20-13-19(24-25-20)16-7-2-1-3-8-16)22-14-17-9-4-5-10-18(17)15-26-12-6-11-23-26/h1-12,19-20,24-25H,13-15H2,(H,22,27). The number of carbonyl (C=O) groups is 1. The number of nitrogens with zero attached hydrogens (tertiary/aromatic N) is 2. The van der Waals surface area contributed by atoms with Gasteiger partial charge in [-0.15, -0.1) is 0 Å². The van der Waals surface area contributed by atoms with Gasteiger partial charge in [-0.3, -0.25) is 9.48 Å². The first-order valence-electron chi connectivity index (χ1n) is 9.17. The summed E-state index contributed by atoms with van der Waals surface area (Å²) in [7, 11) is 0. The Morgan fingerprint density at radius 2 is 1.81 bits per heavy atom. The summed E-state index contributed by atoms with van der Waals surface area (Å²) in [4.78, 5) is 12.6. The second-order valence-electron chi connectivity index (χ2n) is 6.73. The van der Waals surface area contributed by atoms with Gasteiger partial charge in [-0.2, -0.15) is 5.10 Å². The van der Waals surface area contributed by atoms with E-state index >= 15 is 0 Å². The van der Waals surface area contributed by atoms with Crippen LogP contribution < -0.4 is 16.2 Å². The van der Waals surface area contributed by atoms with Gasteiger partial charge in [0, 0.05) is 25.0 Å². The lowest BCUT2D eigenvalue weighted by molar-refractivity contribution is -0.123. The molecular weight excluding hydrogens is 338 g/mol. The van der Waals surface area contributed by atoms with E-state index in [1.54, 1.807) is 6.20 Å². The third kappa shape index (κ3) is 4.24. The minimum atomic E-state index is -0.242. The van der Waals surface area contributed by atoms with Crippen molar-refractivity contribution in [2.75, 3.05) is 0 Å². The Hall–Kier alpha value is -2.96. The van der Waals surface area contributed by atoms with E-state index in [1.165, 1.54) is 5.56 Å². The van der Waals surface area contributed by atoms with Gasteiger partial charge in [0.15, 0.2) is 0 Å². The van der Waals surface area contributed by atoms with Gasteiger partial charge in [0.05, 0.1) is 6.54 Å². The molecule has 6 heteroatoms. The van der Waals surface area contributed by atoms with Crippen LogP contribution in [0.25, 0.3) is 0 Å². The number of nitrogens with one attached hydrogen (secondary N) is 3. The second kappa shape index (κ2) is 8.16. The van der Waals surface area contributed by atoms with Gasteiger partial charge in [-0.25, -0.2) is 10.9 Å². The molecule has 2 heterocycles. The van der Waals surface area contributed by atoms with Crippen LogP contribution in [0, 0.1) is 0 Å². The lowest BCUT2D eigenvalue weighted by atomic mass is 10.0. The van der Waals surface area contributed by atoms with Gasteiger partial charge in [-0.1, -0.05) is 54.6 Å². The van der Waals surface area contributed by atoms with E-state index in [2.05, 4.69) is 39.5 Å². The number of rotatable bonds is 6. The molecule has 1 aliphatic rings. The number of hydrogen-bond acceptors (Lipinski definition) is 4. The summed E-state index contributed by atoms with van der Waals surface area (Å²) in [6.45, 7) is 1.20. The van der Waals surface area contributed by atoms with Gasteiger partial charge in [-0.05, 0) is 29.2 Å². The molecule has 1 aromatic heterocycles. The van der Waals surface area contributed by atoms with Crippen molar-refractivity contribution in [2.24, 2.45) is 0 Å². The Morgan fingerprint density at radius 3 is 2.59 bits per heavy atom. The maximum atomic E-state index is 12.6. The SMILES string of the molecule is O=C(NCc1ccccc1Cn1cccn1)C1CC(c2ccccc2)NN1. The van der Waals surface area contributed by atoms with Crippen LogP contribution in [-0.2, 0) is 17.9 Å². The van der Waals surface area contributed by atoms with E-state index in [0.29, 0.717) is 13.1 Å². The summed E-state index contributed by atoms with van der Waals surface area (Å²) in [6, 6.07) is 20.1. The molecule has 0 radical (unpaired) electrons. The first kappa shape index (κ1) is 17.5. The summed E-state index contributed by atoms with van der Waals surface area (Å²) in [5.74, 6) is 0.00910. The quantitative estimate of drug-likeness (QED) is 0.629. The zero-order valence-electron chi connectivity index (χ0n) is 15.0. The van der Waals surface area contributed by atoms with E-state index in [4.69, 9.17) is 0 Å². The smallest absolute Gasteiger partial charge is 0.238 e. The monoisotopic (exact) mass is 361 g/mol. The number of hydrazine groups is 1. The molecule has 27 heavy (non-hydrogen) atoms. The average Bonchev–Trinajstić information content (AvgIpc) is 3.40. The summed E-state index contributed by atoms with van der Waals surface area (Å²) in [5, 5.41) is 7.32. The minimum Gasteiger partial charge on any atom is -0.351 e. The summed E-state index contributed by atoms with van der Waals surface area (Å²) < 4.78 is 1.88. The van der Waals surface area contributed by atoms with E-state index < -0.39 is 0 Å². The van der Waals surface area contributed by atoms with E-state index in [9.17, 15) is 4.79 Å². The van der Waals surface area contributed by atoms with Crippen molar-refractivity contribution >= 4 is 5.91 Å². The topological polar surface area (TPSA) is 71.0 Å². The van der Waals surface area contributed by atoms with Crippen LogP contribution in [-0.4, -0.2) is 21.7 Å². The maximum absolute atomic E-state index is 12.6. The van der Waals surface area contributed by atoms with Crippen molar-refractivity contribution < 1.29 is 4.79 Å². The number of carbonyl (C=O) groups excluding carboxylic acids is 1. The highest BCUT2D eigenvalue weighted by Gasteiger charge is 2.29. The van der Waals surface area contributed by atoms with Crippen molar-refractivity contribution in [3.63, 3.8) is 0 Å². The Labute approximate surface area is 158 Å². The fourth-order valence-electron chi connectivity index (χ4n) is 3.39. The van der Waals surface area contributed by atoms with Gasteiger partial charge < -0.3 is 5.32 Å². The van der Waals surface area contributed by atoms with Crippen molar-refractivity contribution in [3.05, 3.63) is 89.7 Å². The number of hydrogen-bond donors (Lipinski definition) is 3. The number of aromatic nitrogens is 2. The zero-order valence-corrected chi connectivity index (χ0v) is 15.0. The molecule has 1 fully saturated rings. The minimum absolute atomic E-state index is 0.00910. The Kier molecular flexibility index (Phi) is 5.27. The largest absolute Gasteiger partial charge is 0.351 e. The van der Waals surface area contributed by atoms with E-state index in [-0.39, 0.29) is 18.0 Å². The van der Waals surface area contributed by atoms with Crippen molar-refractivity contribution in [2.45, 2.75) is 31.6 Å². The Morgan fingerprint density at radius 1 is 1.04 bits per heavy atom. The molecule has 138 valence electrons. The number of amides is 1. The molecule has 0 aliphatic carbocycles. The lowest BCUT2D eigenvalue weighted by Gasteiger charge is -2.13. The summed E-state index contributed by atoms with van der Waals surface area (Å²) >= 11 is 0. The fraction of sp³-hybridized carbons (Fsp3) is 0.238. The van der Waals surface area contributed by atoms with Crippen molar-refractivity contribution in [3.8, 4) is 0 Å². The molecule has 3 N–H and O–H groups in total. The third-order valence-electron chi connectivity index (χ3n) is 4.88. The zero-order chi connectivity index (χ0) is 18.5. The van der Waals surface area contributed by atoms with Gasteiger partial charge >= 0.3 is 0 Å². The Balaban J connectivity index is 1.35. The van der Waals surface area contributed by atoms with Crippen molar-refractivity contribution in [1.29, 1.82) is 0 Å². The van der Waals surface area contributed by atoms with E-state index in [0.717, 1.165) is 17.5 Å². The van der Waals surface area contributed by atoms with Crippen LogP contribution in [0.2, 0.25) is 0 Å². The predicted molar refractivity (Wildman–Crippen MR) is 103 cm³/mol. The normalized spacial score (nSPS) is 19.1. The highest BCUT2D eigenvalue weighted by Crippen LogP contribution is 2.22. The molecule has 2 atom stereocenters. The average molecular weight is 361 g/mol. The first-order valence-corrected chi connectivity index (χ1v) is 9.17. The molecule has 1 saturated heterocycles. The third-order valence-corrected chi connectivity index (χ3v) is 4.88. The number of benzene rings is 2. The van der Waals surface area contributed by atoms with Crippen LogP contribution in [0.1, 0.15) is 29.2 Å². The molecule has 6 nitrogen and oxygen atoms in total. The molecule has 0 spiro atoms. The summed E-state index contributed by atoms with van der Waals surface area (Å²) in [6.07, 6.45) is 4.43. The predicted octanol–water partition coefficient (Wildman–Crippen LogP) is 2.16. The maximum Gasteiger partial charge on any atom is 0.238 e.